The van der Waals surface area contributed by atoms with Crippen LogP contribution in [-0.2, 0) is 12.7 Å². The molecule has 2 aromatic rings. The van der Waals surface area contributed by atoms with E-state index in [9.17, 15) is 17.6 Å². The monoisotopic (exact) mass is 337 g/mol. The second-order valence-corrected chi connectivity index (χ2v) is 5.06. The van der Waals surface area contributed by atoms with Gasteiger partial charge >= 0.3 is 6.18 Å². The molecule has 2 rings (SSSR count). The minimum Gasteiger partial charge on any atom is -0.379 e. The molecule has 0 spiro atoms. The normalized spacial score (nSPS) is 11.5. The Kier molecular flexibility index (Phi) is 4.64. The molecule has 0 radical (unpaired) electrons. The molecule has 0 heterocycles. The Morgan fingerprint density at radius 3 is 2.19 bits per heavy atom. The first kappa shape index (κ1) is 15.9. The molecule has 0 saturated carbocycles. The summed E-state index contributed by atoms with van der Waals surface area (Å²) < 4.78 is 51.6. The highest BCUT2D eigenvalue weighted by Gasteiger charge is 2.33. The number of hydrogen-bond donors (Lipinski definition) is 1. The summed E-state index contributed by atoms with van der Waals surface area (Å²) in [6.45, 7) is -0.182. The number of rotatable bonds is 3. The lowest BCUT2D eigenvalue weighted by Gasteiger charge is -2.15. The van der Waals surface area contributed by atoms with Crippen LogP contribution in [0.5, 0.6) is 0 Å². The van der Waals surface area contributed by atoms with Gasteiger partial charge in [-0.25, -0.2) is 4.39 Å². The Morgan fingerprint density at radius 2 is 1.62 bits per heavy atom. The summed E-state index contributed by atoms with van der Waals surface area (Å²) in [5.74, 6) is -0.943. The fourth-order valence-corrected chi connectivity index (χ4v) is 2.35. The van der Waals surface area contributed by atoms with E-state index in [0.717, 1.165) is 12.1 Å². The van der Waals surface area contributed by atoms with Gasteiger partial charge in [-0.3, -0.25) is 0 Å². The maximum Gasteiger partial charge on any atom is 0.416 e. The zero-order valence-electron chi connectivity index (χ0n) is 10.4. The molecular weight excluding hydrogens is 329 g/mol. The van der Waals surface area contributed by atoms with Crippen LogP contribution in [0.2, 0.25) is 10.0 Å². The molecule has 112 valence electrons. The summed E-state index contributed by atoms with van der Waals surface area (Å²) in [5.41, 5.74) is -0.795. The molecule has 1 N–H and O–H groups in total. The van der Waals surface area contributed by atoms with Crippen molar-refractivity contribution >= 4 is 28.9 Å². The predicted molar refractivity (Wildman–Crippen MR) is 75.2 cm³/mol. The van der Waals surface area contributed by atoms with Crippen LogP contribution in [0.3, 0.4) is 0 Å². The van der Waals surface area contributed by atoms with Gasteiger partial charge in [-0.05, 0) is 29.8 Å². The van der Waals surface area contributed by atoms with Crippen LogP contribution in [0.15, 0.2) is 36.4 Å². The third kappa shape index (κ3) is 3.80. The van der Waals surface area contributed by atoms with Gasteiger partial charge in [-0.2, -0.15) is 13.2 Å². The van der Waals surface area contributed by atoms with Crippen LogP contribution >= 0.6 is 23.2 Å². The molecule has 0 aliphatic carbocycles. The third-order valence-electron chi connectivity index (χ3n) is 2.80. The number of hydrogen-bond acceptors (Lipinski definition) is 1. The molecule has 0 aliphatic heterocycles. The molecule has 1 nitrogen and oxygen atoms in total. The third-order valence-corrected chi connectivity index (χ3v) is 3.43. The van der Waals surface area contributed by atoms with E-state index in [1.807, 2.05) is 0 Å². The molecular formula is C14H9Cl2F4N. The van der Waals surface area contributed by atoms with Gasteiger partial charge in [-0.15, -0.1) is 0 Å². The van der Waals surface area contributed by atoms with Crippen molar-refractivity contribution in [3.05, 3.63) is 63.4 Å². The van der Waals surface area contributed by atoms with E-state index < -0.39 is 17.6 Å². The zero-order valence-corrected chi connectivity index (χ0v) is 12.0. The molecule has 0 amide bonds. The minimum absolute atomic E-state index is 0.0973. The molecule has 0 unspecified atom stereocenters. The highest BCUT2D eigenvalue weighted by Crippen LogP contribution is 2.34. The van der Waals surface area contributed by atoms with Crippen molar-refractivity contribution in [1.29, 1.82) is 0 Å². The Labute approximate surface area is 128 Å². The van der Waals surface area contributed by atoms with Crippen LogP contribution < -0.4 is 5.32 Å². The Balaban J connectivity index is 2.29. The van der Waals surface area contributed by atoms with Crippen LogP contribution in [0.25, 0.3) is 0 Å². The Hall–Kier alpha value is -1.46. The first-order valence-electron chi connectivity index (χ1n) is 5.82. The quantitative estimate of drug-likeness (QED) is 0.701. The number of anilines is 1. The predicted octanol–water partition coefficient (Wildman–Crippen LogP) is 5.76. The maximum atomic E-state index is 13.0. The van der Waals surface area contributed by atoms with Crippen LogP contribution in [0.4, 0.5) is 23.2 Å². The lowest BCUT2D eigenvalue weighted by Crippen LogP contribution is -2.12. The number of benzene rings is 2. The summed E-state index contributed by atoms with van der Waals surface area (Å²) in [5, 5.41) is 3.32. The van der Waals surface area contributed by atoms with Gasteiger partial charge in [0.1, 0.15) is 5.82 Å². The van der Waals surface area contributed by atoms with Crippen molar-refractivity contribution in [3.63, 3.8) is 0 Å². The number of nitrogens with one attached hydrogen (secondary N) is 1. The fraction of sp³-hybridized carbons (Fsp3) is 0.143. The molecule has 0 saturated heterocycles. The number of alkyl halides is 3. The lowest BCUT2D eigenvalue weighted by atomic mass is 10.1. The molecule has 21 heavy (non-hydrogen) atoms. The van der Waals surface area contributed by atoms with Gasteiger partial charge in [0.05, 0.1) is 21.3 Å². The smallest absolute Gasteiger partial charge is 0.379 e. The van der Waals surface area contributed by atoms with Gasteiger partial charge in [-0.1, -0.05) is 35.3 Å². The van der Waals surface area contributed by atoms with Crippen molar-refractivity contribution in [2.45, 2.75) is 12.7 Å². The Morgan fingerprint density at radius 1 is 1.00 bits per heavy atom. The number of halogens is 6. The largest absolute Gasteiger partial charge is 0.416 e. The van der Waals surface area contributed by atoms with Crippen LogP contribution in [0, 0.1) is 5.82 Å². The van der Waals surface area contributed by atoms with Gasteiger partial charge in [0.15, 0.2) is 0 Å². The van der Waals surface area contributed by atoms with Crippen LogP contribution in [-0.4, -0.2) is 0 Å². The summed E-state index contributed by atoms with van der Waals surface area (Å²) >= 11 is 11.8. The lowest BCUT2D eigenvalue weighted by molar-refractivity contribution is -0.138. The van der Waals surface area contributed by atoms with E-state index in [2.05, 4.69) is 5.32 Å². The highest BCUT2D eigenvalue weighted by molar-refractivity contribution is 6.39. The van der Waals surface area contributed by atoms with E-state index in [1.54, 1.807) is 18.2 Å². The van der Waals surface area contributed by atoms with Gasteiger partial charge < -0.3 is 5.32 Å². The molecule has 2 aromatic carbocycles. The van der Waals surface area contributed by atoms with Crippen molar-refractivity contribution in [3.8, 4) is 0 Å². The van der Waals surface area contributed by atoms with E-state index in [1.165, 1.54) is 0 Å². The molecule has 7 heteroatoms. The van der Waals surface area contributed by atoms with Crippen molar-refractivity contribution in [2.75, 3.05) is 5.32 Å². The molecule has 0 fully saturated rings. The van der Waals surface area contributed by atoms with E-state index >= 15 is 0 Å². The summed E-state index contributed by atoms with van der Waals surface area (Å²) in [7, 11) is 0. The van der Waals surface area contributed by atoms with Crippen molar-refractivity contribution in [2.24, 2.45) is 0 Å². The van der Waals surface area contributed by atoms with E-state index in [4.69, 9.17) is 23.2 Å². The first-order chi connectivity index (χ1) is 9.79. The fourth-order valence-electron chi connectivity index (χ4n) is 1.82. The van der Waals surface area contributed by atoms with Gasteiger partial charge in [0.2, 0.25) is 0 Å². The number of para-hydroxylation sites is 1. The second kappa shape index (κ2) is 6.12. The maximum absolute atomic E-state index is 13.0. The van der Waals surface area contributed by atoms with Crippen molar-refractivity contribution in [1.82, 2.24) is 0 Å². The summed E-state index contributed by atoms with van der Waals surface area (Å²) in [4.78, 5) is 0. The Bertz CT molecular complexity index is 636. The average molecular weight is 338 g/mol. The molecule has 0 aliphatic rings. The van der Waals surface area contributed by atoms with E-state index in [0.29, 0.717) is 11.8 Å². The van der Waals surface area contributed by atoms with Gasteiger partial charge in [0.25, 0.3) is 0 Å². The second-order valence-electron chi connectivity index (χ2n) is 4.25. The first-order valence-corrected chi connectivity index (χ1v) is 6.58. The standard InChI is InChI=1S/C14H9Cl2F4N/c15-11-2-1-3-12(16)13(11)21-7-8-4-5-9(17)6-10(8)14(18,19)20/h1-6,21H,7H2. The van der Waals surface area contributed by atoms with Gasteiger partial charge in [0, 0.05) is 6.54 Å². The van der Waals surface area contributed by atoms with Crippen molar-refractivity contribution < 1.29 is 17.6 Å². The summed E-state index contributed by atoms with van der Waals surface area (Å²) in [6, 6.07) is 7.26. The van der Waals surface area contributed by atoms with Crippen LogP contribution in [0.1, 0.15) is 11.1 Å². The zero-order chi connectivity index (χ0) is 15.6. The summed E-state index contributed by atoms with van der Waals surface area (Å²) in [6.07, 6.45) is -4.64. The van der Waals surface area contributed by atoms with E-state index in [-0.39, 0.29) is 22.2 Å². The molecule has 0 bridgehead atoms. The topological polar surface area (TPSA) is 12.0 Å². The SMILES string of the molecule is Fc1ccc(CNc2c(Cl)cccc2Cl)c(C(F)(F)F)c1. The molecule has 0 aromatic heterocycles. The average Bonchev–Trinajstić information content (AvgIpc) is 2.38. The molecule has 0 atom stereocenters. The minimum atomic E-state index is -4.64. The highest BCUT2D eigenvalue weighted by atomic mass is 35.5.